The van der Waals surface area contributed by atoms with E-state index in [1.807, 2.05) is 0 Å². The smallest absolute Gasteiger partial charge is 0.269 e. The van der Waals surface area contributed by atoms with Crippen molar-refractivity contribution in [2.45, 2.75) is 25.4 Å². The molecule has 0 N–H and O–H groups in total. The Hall–Kier alpha value is -3.23. The SMILES string of the molecule is COc1ccc(OC2CCCN(C(=O)Cc3ccc([N+](=O)[O-])cc3)C2)nn1. The lowest BCUT2D eigenvalue weighted by molar-refractivity contribution is -0.384. The number of non-ortho nitro benzene ring substituents is 1. The molecule has 0 radical (unpaired) electrons. The van der Waals surface area contributed by atoms with E-state index in [0.717, 1.165) is 18.4 Å². The summed E-state index contributed by atoms with van der Waals surface area (Å²) in [7, 11) is 1.51. The maximum Gasteiger partial charge on any atom is 0.269 e. The number of methoxy groups -OCH3 is 1. The first-order chi connectivity index (χ1) is 13.0. The average Bonchev–Trinajstić information content (AvgIpc) is 2.69. The monoisotopic (exact) mass is 372 g/mol. The minimum atomic E-state index is -0.458. The predicted octanol–water partition coefficient (Wildman–Crippen LogP) is 2.01. The highest BCUT2D eigenvalue weighted by atomic mass is 16.6. The molecule has 1 fully saturated rings. The zero-order valence-corrected chi connectivity index (χ0v) is 14.9. The van der Waals surface area contributed by atoms with Crippen molar-refractivity contribution >= 4 is 11.6 Å². The van der Waals surface area contributed by atoms with Crippen molar-refractivity contribution in [1.29, 1.82) is 0 Å². The Labute approximate surface area is 156 Å². The first-order valence-corrected chi connectivity index (χ1v) is 8.60. The van der Waals surface area contributed by atoms with Crippen molar-refractivity contribution in [3.05, 3.63) is 52.1 Å². The molecule has 0 saturated carbocycles. The molecule has 9 heteroatoms. The summed E-state index contributed by atoms with van der Waals surface area (Å²) in [6, 6.07) is 9.40. The number of rotatable bonds is 6. The Morgan fingerprint density at radius 1 is 1.22 bits per heavy atom. The number of aromatic nitrogens is 2. The van der Waals surface area contributed by atoms with Crippen molar-refractivity contribution in [3.8, 4) is 11.8 Å². The number of amides is 1. The van der Waals surface area contributed by atoms with Gasteiger partial charge in [0.25, 0.3) is 5.69 Å². The molecular weight excluding hydrogens is 352 g/mol. The van der Waals surface area contributed by atoms with E-state index in [1.165, 1.54) is 19.2 Å². The number of nitro benzene ring substituents is 1. The summed E-state index contributed by atoms with van der Waals surface area (Å²) in [4.78, 5) is 24.6. The first kappa shape index (κ1) is 18.6. The molecule has 9 nitrogen and oxygen atoms in total. The Morgan fingerprint density at radius 2 is 1.93 bits per heavy atom. The van der Waals surface area contributed by atoms with Crippen LogP contribution >= 0.6 is 0 Å². The van der Waals surface area contributed by atoms with Crippen LogP contribution in [0.2, 0.25) is 0 Å². The molecule has 0 aliphatic carbocycles. The van der Waals surface area contributed by atoms with Gasteiger partial charge < -0.3 is 14.4 Å². The standard InChI is InChI=1S/C18H20N4O5/c1-26-16-8-9-17(20-19-16)27-15-3-2-10-21(12-15)18(23)11-13-4-6-14(7-5-13)22(24)25/h4-9,15H,2-3,10-12H2,1H3. The summed E-state index contributed by atoms with van der Waals surface area (Å²) in [6.07, 6.45) is 1.71. The molecule has 0 bridgehead atoms. The number of nitrogens with zero attached hydrogens (tertiary/aromatic N) is 4. The Bertz CT molecular complexity index is 794. The maximum atomic E-state index is 12.6. The van der Waals surface area contributed by atoms with E-state index in [-0.39, 0.29) is 24.1 Å². The third-order valence-electron chi connectivity index (χ3n) is 4.35. The molecule has 1 aliphatic rings. The minimum absolute atomic E-state index is 0.0123. The number of hydrogen-bond donors (Lipinski definition) is 0. The van der Waals surface area contributed by atoms with Crippen molar-refractivity contribution < 1.29 is 19.2 Å². The molecule has 1 aromatic heterocycles. The van der Waals surface area contributed by atoms with Gasteiger partial charge in [-0.25, -0.2) is 0 Å². The average molecular weight is 372 g/mol. The van der Waals surface area contributed by atoms with Crippen LogP contribution in [-0.4, -0.2) is 52.2 Å². The number of carbonyl (C=O) groups excluding carboxylic acids is 1. The van der Waals surface area contributed by atoms with Crippen molar-refractivity contribution in [2.24, 2.45) is 0 Å². The van der Waals surface area contributed by atoms with E-state index in [4.69, 9.17) is 9.47 Å². The molecule has 1 amide bonds. The molecule has 0 spiro atoms. The lowest BCUT2D eigenvalue weighted by Crippen LogP contribution is -2.45. The van der Waals surface area contributed by atoms with Gasteiger partial charge >= 0.3 is 0 Å². The Balaban J connectivity index is 1.56. The fourth-order valence-electron chi connectivity index (χ4n) is 2.93. The fourth-order valence-corrected chi connectivity index (χ4v) is 2.93. The topological polar surface area (TPSA) is 108 Å². The molecule has 2 aromatic rings. The Kier molecular flexibility index (Phi) is 5.80. The zero-order valence-electron chi connectivity index (χ0n) is 14.9. The van der Waals surface area contributed by atoms with Gasteiger partial charge in [0.15, 0.2) is 0 Å². The van der Waals surface area contributed by atoms with Crippen molar-refractivity contribution in [2.75, 3.05) is 20.2 Å². The van der Waals surface area contributed by atoms with E-state index < -0.39 is 4.92 Å². The summed E-state index contributed by atoms with van der Waals surface area (Å²) in [6.45, 7) is 1.14. The predicted molar refractivity (Wildman–Crippen MR) is 95.6 cm³/mol. The van der Waals surface area contributed by atoms with Crippen molar-refractivity contribution in [1.82, 2.24) is 15.1 Å². The molecule has 142 valence electrons. The van der Waals surface area contributed by atoms with Crippen LogP contribution in [0, 0.1) is 10.1 Å². The summed E-state index contributed by atoms with van der Waals surface area (Å²) in [5, 5.41) is 18.5. The molecule has 1 unspecified atom stereocenters. The van der Waals surface area contributed by atoms with Gasteiger partial charge in [0, 0.05) is 30.8 Å². The van der Waals surface area contributed by atoms with Crippen molar-refractivity contribution in [3.63, 3.8) is 0 Å². The van der Waals surface area contributed by atoms with Gasteiger partial charge in [-0.15, -0.1) is 10.2 Å². The van der Waals surface area contributed by atoms with Gasteiger partial charge in [0.1, 0.15) is 6.10 Å². The number of hydrogen-bond acceptors (Lipinski definition) is 7. The molecule has 1 saturated heterocycles. The summed E-state index contributed by atoms with van der Waals surface area (Å²) in [5.74, 6) is 0.773. The van der Waals surface area contributed by atoms with Crippen LogP contribution in [-0.2, 0) is 11.2 Å². The molecule has 2 heterocycles. The van der Waals surface area contributed by atoms with Gasteiger partial charge in [-0.2, -0.15) is 0 Å². The van der Waals surface area contributed by atoms with Crippen LogP contribution in [0.1, 0.15) is 18.4 Å². The highest BCUT2D eigenvalue weighted by Gasteiger charge is 2.25. The number of nitro groups is 1. The fraction of sp³-hybridized carbons (Fsp3) is 0.389. The number of ether oxygens (including phenoxy) is 2. The number of likely N-dealkylation sites (tertiary alicyclic amines) is 1. The van der Waals surface area contributed by atoms with E-state index in [0.29, 0.717) is 24.8 Å². The van der Waals surface area contributed by atoms with Crippen LogP contribution in [0.15, 0.2) is 36.4 Å². The first-order valence-electron chi connectivity index (χ1n) is 8.60. The lowest BCUT2D eigenvalue weighted by Gasteiger charge is -2.32. The van der Waals surface area contributed by atoms with E-state index in [1.54, 1.807) is 29.2 Å². The molecule has 3 rings (SSSR count). The normalized spacial score (nSPS) is 16.6. The summed E-state index contributed by atoms with van der Waals surface area (Å²) >= 11 is 0. The third kappa shape index (κ3) is 4.90. The van der Waals surface area contributed by atoms with Gasteiger partial charge in [-0.3, -0.25) is 14.9 Å². The Morgan fingerprint density at radius 3 is 2.56 bits per heavy atom. The zero-order chi connectivity index (χ0) is 19.2. The maximum absolute atomic E-state index is 12.6. The van der Waals surface area contributed by atoms with Gasteiger partial charge in [0.2, 0.25) is 17.7 Å². The molecular formula is C18H20N4O5. The summed E-state index contributed by atoms with van der Waals surface area (Å²) < 4.78 is 10.8. The number of carbonyl (C=O) groups is 1. The van der Waals surface area contributed by atoms with Crippen LogP contribution < -0.4 is 9.47 Å². The van der Waals surface area contributed by atoms with Gasteiger partial charge in [0.05, 0.1) is 25.0 Å². The molecule has 1 aromatic carbocycles. The highest BCUT2D eigenvalue weighted by Crippen LogP contribution is 2.19. The number of piperidine rings is 1. The molecule has 1 aliphatic heterocycles. The minimum Gasteiger partial charge on any atom is -0.480 e. The van der Waals surface area contributed by atoms with Crippen LogP contribution in [0.3, 0.4) is 0 Å². The molecule has 1 atom stereocenters. The van der Waals surface area contributed by atoms with Gasteiger partial charge in [-0.05, 0) is 18.4 Å². The van der Waals surface area contributed by atoms with Gasteiger partial charge in [-0.1, -0.05) is 12.1 Å². The van der Waals surface area contributed by atoms with E-state index in [9.17, 15) is 14.9 Å². The lowest BCUT2D eigenvalue weighted by atomic mass is 10.1. The summed E-state index contributed by atoms with van der Waals surface area (Å²) in [5.41, 5.74) is 0.757. The second-order valence-corrected chi connectivity index (χ2v) is 6.24. The van der Waals surface area contributed by atoms with E-state index >= 15 is 0 Å². The number of benzene rings is 1. The van der Waals surface area contributed by atoms with Crippen LogP contribution in [0.4, 0.5) is 5.69 Å². The van der Waals surface area contributed by atoms with E-state index in [2.05, 4.69) is 10.2 Å². The quantitative estimate of drug-likeness (QED) is 0.564. The largest absolute Gasteiger partial charge is 0.480 e. The van der Waals surface area contributed by atoms with Crippen LogP contribution in [0.5, 0.6) is 11.8 Å². The third-order valence-corrected chi connectivity index (χ3v) is 4.35. The second-order valence-electron chi connectivity index (χ2n) is 6.24. The highest BCUT2D eigenvalue weighted by molar-refractivity contribution is 5.79. The van der Waals surface area contributed by atoms with Crippen LogP contribution in [0.25, 0.3) is 0 Å². The second kappa shape index (κ2) is 8.43. The molecule has 27 heavy (non-hydrogen) atoms.